The van der Waals surface area contributed by atoms with Crippen LogP contribution < -0.4 is 5.32 Å². The van der Waals surface area contributed by atoms with Crippen molar-refractivity contribution in [2.45, 2.75) is 26.4 Å². The van der Waals surface area contributed by atoms with Gasteiger partial charge in [-0.05, 0) is 13.0 Å². The number of aryl methyl sites for hydroxylation is 1. The molecule has 0 bridgehead atoms. The summed E-state index contributed by atoms with van der Waals surface area (Å²) in [6.45, 7) is 4.79. The van der Waals surface area contributed by atoms with Crippen molar-refractivity contribution in [2.75, 3.05) is 6.54 Å². The summed E-state index contributed by atoms with van der Waals surface area (Å²) < 4.78 is 1.97. The molecule has 0 amide bonds. The maximum atomic E-state index is 4.43. The van der Waals surface area contributed by atoms with Gasteiger partial charge in [0.25, 0.3) is 0 Å². The molecule has 3 rings (SSSR count). The van der Waals surface area contributed by atoms with Crippen LogP contribution in [-0.4, -0.2) is 26.3 Å². The van der Waals surface area contributed by atoms with Gasteiger partial charge in [0.15, 0.2) is 0 Å². The molecule has 1 aliphatic rings. The molecule has 5 heteroatoms. The van der Waals surface area contributed by atoms with Crippen LogP contribution in [0, 0.1) is 0 Å². The fourth-order valence-corrected chi connectivity index (χ4v) is 2.28. The minimum absolute atomic E-state index is 0.848. The van der Waals surface area contributed by atoms with Crippen molar-refractivity contribution >= 4 is 0 Å². The van der Waals surface area contributed by atoms with Crippen LogP contribution in [0.15, 0.2) is 18.6 Å². The van der Waals surface area contributed by atoms with Gasteiger partial charge in [-0.15, -0.1) is 0 Å². The first-order valence-corrected chi connectivity index (χ1v) is 5.95. The molecule has 0 fully saturated rings. The molecule has 0 atom stereocenters. The van der Waals surface area contributed by atoms with Gasteiger partial charge < -0.3 is 5.32 Å². The van der Waals surface area contributed by atoms with Crippen molar-refractivity contribution in [3.63, 3.8) is 0 Å². The predicted molar refractivity (Wildman–Crippen MR) is 64.3 cm³/mol. The zero-order chi connectivity index (χ0) is 11.7. The van der Waals surface area contributed by atoms with Gasteiger partial charge in [-0.3, -0.25) is 4.68 Å². The molecule has 0 saturated heterocycles. The summed E-state index contributed by atoms with van der Waals surface area (Å²) in [5, 5.41) is 7.67. The van der Waals surface area contributed by atoms with Crippen molar-refractivity contribution < 1.29 is 0 Å². The minimum atomic E-state index is 0.848. The van der Waals surface area contributed by atoms with E-state index in [1.165, 1.54) is 5.56 Å². The highest BCUT2D eigenvalue weighted by Crippen LogP contribution is 2.24. The minimum Gasteiger partial charge on any atom is -0.312 e. The fourth-order valence-electron chi connectivity index (χ4n) is 2.28. The van der Waals surface area contributed by atoms with Crippen molar-refractivity contribution in [3.8, 4) is 11.4 Å². The Morgan fingerprint density at radius 1 is 1.41 bits per heavy atom. The molecule has 0 radical (unpaired) electrons. The summed E-state index contributed by atoms with van der Waals surface area (Å²) >= 11 is 0. The smallest absolute Gasteiger partial charge is 0.116 e. The normalized spacial score (nSPS) is 14.6. The third-order valence-electron chi connectivity index (χ3n) is 3.13. The monoisotopic (exact) mass is 229 g/mol. The quantitative estimate of drug-likeness (QED) is 0.835. The van der Waals surface area contributed by atoms with Gasteiger partial charge in [-0.2, -0.15) is 5.10 Å². The summed E-state index contributed by atoms with van der Waals surface area (Å²) in [5.41, 5.74) is 4.47. The SMILES string of the molecule is CCn1nccc1-c1ncnc2c1CNCC2. The van der Waals surface area contributed by atoms with Crippen molar-refractivity contribution in [3.05, 3.63) is 29.8 Å². The Labute approximate surface area is 99.9 Å². The maximum absolute atomic E-state index is 4.43. The summed E-state index contributed by atoms with van der Waals surface area (Å²) in [5.74, 6) is 0. The molecule has 0 aliphatic carbocycles. The first-order chi connectivity index (χ1) is 8.40. The van der Waals surface area contributed by atoms with Crippen LogP contribution in [0.25, 0.3) is 11.4 Å². The van der Waals surface area contributed by atoms with Crippen LogP contribution in [0.4, 0.5) is 0 Å². The topological polar surface area (TPSA) is 55.6 Å². The Kier molecular flexibility index (Phi) is 2.60. The Hall–Kier alpha value is -1.75. The average Bonchev–Trinajstić information content (AvgIpc) is 2.86. The van der Waals surface area contributed by atoms with E-state index in [1.54, 1.807) is 6.33 Å². The van der Waals surface area contributed by atoms with Crippen molar-refractivity contribution in [2.24, 2.45) is 0 Å². The van der Waals surface area contributed by atoms with E-state index in [2.05, 4.69) is 27.3 Å². The average molecular weight is 229 g/mol. The van der Waals surface area contributed by atoms with E-state index in [4.69, 9.17) is 0 Å². The zero-order valence-corrected chi connectivity index (χ0v) is 9.85. The first-order valence-electron chi connectivity index (χ1n) is 5.95. The van der Waals surface area contributed by atoms with Crippen LogP contribution in [0.1, 0.15) is 18.2 Å². The van der Waals surface area contributed by atoms with E-state index in [9.17, 15) is 0 Å². The molecule has 1 N–H and O–H groups in total. The van der Waals surface area contributed by atoms with Crippen molar-refractivity contribution in [1.29, 1.82) is 0 Å². The molecule has 0 aromatic carbocycles. The van der Waals surface area contributed by atoms with Crippen LogP contribution in [0.2, 0.25) is 0 Å². The van der Waals surface area contributed by atoms with Crippen LogP contribution in [0.5, 0.6) is 0 Å². The van der Waals surface area contributed by atoms with Gasteiger partial charge in [0, 0.05) is 37.8 Å². The van der Waals surface area contributed by atoms with Gasteiger partial charge in [0.05, 0.1) is 17.1 Å². The molecule has 0 spiro atoms. The summed E-state index contributed by atoms with van der Waals surface area (Å²) in [6, 6.07) is 2.01. The summed E-state index contributed by atoms with van der Waals surface area (Å²) in [7, 11) is 0. The summed E-state index contributed by atoms with van der Waals surface area (Å²) in [6.07, 6.45) is 4.46. The van der Waals surface area contributed by atoms with Crippen LogP contribution >= 0.6 is 0 Å². The molecule has 88 valence electrons. The van der Waals surface area contributed by atoms with Gasteiger partial charge in [0.1, 0.15) is 6.33 Å². The van der Waals surface area contributed by atoms with Gasteiger partial charge in [0.2, 0.25) is 0 Å². The third-order valence-corrected chi connectivity index (χ3v) is 3.13. The van der Waals surface area contributed by atoms with Gasteiger partial charge in [-0.1, -0.05) is 0 Å². The number of hydrogen-bond acceptors (Lipinski definition) is 4. The Morgan fingerprint density at radius 2 is 2.35 bits per heavy atom. The Morgan fingerprint density at radius 3 is 3.24 bits per heavy atom. The second kappa shape index (κ2) is 4.25. The van der Waals surface area contributed by atoms with E-state index in [0.29, 0.717) is 0 Å². The molecule has 1 aliphatic heterocycles. The number of fused-ring (bicyclic) bond motifs is 1. The molecule has 3 heterocycles. The molecule has 0 unspecified atom stereocenters. The highest BCUT2D eigenvalue weighted by molar-refractivity contribution is 5.60. The molecule has 2 aromatic rings. The van der Waals surface area contributed by atoms with Crippen molar-refractivity contribution in [1.82, 2.24) is 25.1 Å². The lowest BCUT2D eigenvalue weighted by molar-refractivity contribution is 0.622. The fraction of sp³-hybridized carbons (Fsp3) is 0.417. The number of rotatable bonds is 2. The molecular weight excluding hydrogens is 214 g/mol. The standard InChI is InChI=1S/C12H15N5/c1-2-17-11(4-6-16-17)12-9-7-13-5-3-10(9)14-8-15-12/h4,6,8,13H,2-3,5,7H2,1H3. The van der Waals surface area contributed by atoms with E-state index >= 15 is 0 Å². The van der Waals surface area contributed by atoms with Gasteiger partial charge >= 0.3 is 0 Å². The molecule has 2 aromatic heterocycles. The molecule has 17 heavy (non-hydrogen) atoms. The Bertz CT molecular complexity index is 531. The number of aromatic nitrogens is 4. The Balaban J connectivity index is 2.14. The number of nitrogens with zero attached hydrogens (tertiary/aromatic N) is 4. The van der Waals surface area contributed by atoms with Crippen LogP contribution in [0.3, 0.4) is 0 Å². The molecule has 0 saturated carbocycles. The maximum Gasteiger partial charge on any atom is 0.116 e. The van der Waals surface area contributed by atoms with E-state index in [0.717, 1.165) is 43.1 Å². The number of hydrogen-bond donors (Lipinski definition) is 1. The first kappa shape index (κ1) is 10.4. The van der Waals surface area contributed by atoms with E-state index < -0.39 is 0 Å². The second-order valence-electron chi connectivity index (χ2n) is 4.11. The predicted octanol–water partition coefficient (Wildman–Crippen LogP) is 1.01. The highest BCUT2D eigenvalue weighted by Gasteiger charge is 2.18. The van der Waals surface area contributed by atoms with Crippen LogP contribution in [-0.2, 0) is 19.5 Å². The molecular formula is C12H15N5. The lowest BCUT2D eigenvalue weighted by Crippen LogP contribution is -2.25. The third kappa shape index (κ3) is 1.72. The number of nitrogens with one attached hydrogen (secondary N) is 1. The second-order valence-corrected chi connectivity index (χ2v) is 4.11. The lowest BCUT2D eigenvalue weighted by Gasteiger charge is -2.18. The van der Waals surface area contributed by atoms with E-state index in [1.807, 2.05) is 16.9 Å². The lowest BCUT2D eigenvalue weighted by atomic mass is 10.0. The van der Waals surface area contributed by atoms with Gasteiger partial charge in [-0.25, -0.2) is 9.97 Å². The van der Waals surface area contributed by atoms with E-state index in [-0.39, 0.29) is 0 Å². The molecule has 5 nitrogen and oxygen atoms in total. The largest absolute Gasteiger partial charge is 0.312 e. The zero-order valence-electron chi connectivity index (χ0n) is 9.85. The highest BCUT2D eigenvalue weighted by atomic mass is 15.3. The summed E-state index contributed by atoms with van der Waals surface area (Å²) in [4.78, 5) is 8.80.